The maximum absolute atomic E-state index is 6.03. The number of ether oxygens (including phenoxy) is 1. The molecule has 6 heteroatoms. The lowest BCUT2D eigenvalue weighted by Crippen LogP contribution is -2.50. The van der Waals surface area contributed by atoms with Crippen molar-refractivity contribution in [2.75, 3.05) is 44.3 Å². The van der Waals surface area contributed by atoms with Crippen LogP contribution in [0.5, 0.6) is 0 Å². The Morgan fingerprint density at radius 1 is 1.24 bits per heavy atom. The molecule has 2 saturated heterocycles. The fraction of sp³-hybridized carbons (Fsp3) is 0.579. The smallest absolute Gasteiger partial charge is 0.147 e. The van der Waals surface area contributed by atoms with Gasteiger partial charge in [-0.25, -0.2) is 4.98 Å². The van der Waals surface area contributed by atoms with Crippen LogP contribution in [0.1, 0.15) is 22.6 Å². The van der Waals surface area contributed by atoms with Gasteiger partial charge in [-0.1, -0.05) is 0 Å². The van der Waals surface area contributed by atoms with Crippen molar-refractivity contribution in [1.82, 2.24) is 14.9 Å². The van der Waals surface area contributed by atoms with Gasteiger partial charge in [0.05, 0.1) is 19.4 Å². The number of nitrogens with zero attached hydrogens (tertiary/aromatic N) is 4. The average molecular weight is 359 g/mol. The van der Waals surface area contributed by atoms with E-state index < -0.39 is 0 Å². The van der Waals surface area contributed by atoms with Gasteiger partial charge in [0.25, 0.3) is 0 Å². The summed E-state index contributed by atoms with van der Waals surface area (Å²) in [6.45, 7) is 9.04. The summed E-state index contributed by atoms with van der Waals surface area (Å²) in [5.74, 6) is 0.971. The lowest BCUT2D eigenvalue weighted by Gasteiger charge is -2.43. The van der Waals surface area contributed by atoms with Crippen LogP contribution in [0.3, 0.4) is 0 Å². The zero-order chi connectivity index (χ0) is 17.1. The van der Waals surface area contributed by atoms with Gasteiger partial charge >= 0.3 is 0 Å². The topological polar surface area (TPSA) is 41.5 Å². The molecular weight excluding hydrogens is 332 g/mol. The summed E-state index contributed by atoms with van der Waals surface area (Å²) in [4.78, 5) is 16.6. The predicted molar refractivity (Wildman–Crippen MR) is 101 cm³/mol. The molecule has 2 aliphatic rings. The first-order valence-corrected chi connectivity index (χ1v) is 9.91. The highest BCUT2D eigenvalue weighted by Crippen LogP contribution is 2.35. The Balaban J connectivity index is 1.48. The maximum Gasteiger partial charge on any atom is 0.147 e. The molecule has 0 aliphatic carbocycles. The van der Waals surface area contributed by atoms with Crippen molar-refractivity contribution in [3.63, 3.8) is 0 Å². The first-order valence-electron chi connectivity index (χ1n) is 9.09. The molecule has 0 N–H and O–H groups in total. The largest absolute Gasteiger partial charge is 0.379 e. The molecule has 2 aromatic heterocycles. The molecule has 0 radical (unpaired) electrons. The highest BCUT2D eigenvalue weighted by Gasteiger charge is 2.39. The van der Waals surface area contributed by atoms with Gasteiger partial charge in [-0.2, -0.15) is 0 Å². The van der Waals surface area contributed by atoms with Gasteiger partial charge in [0, 0.05) is 53.7 Å². The molecular formula is C19H26N4OS. The Morgan fingerprint density at radius 3 is 3.00 bits per heavy atom. The molecule has 0 amide bonds. The van der Waals surface area contributed by atoms with Crippen molar-refractivity contribution < 1.29 is 4.74 Å². The second-order valence-electron chi connectivity index (χ2n) is 7.36. The maximum atomic E-state index is 6.03. The Hall–Kier alpha value is -1.50. The number of piperidine rings is 1. The minimum atomic E-state index is 0.193. The molecule has 0 aromatic carbocycles. The van der Waals surface area contributed by atoms with E-state index in [1.807, 2.05) is 17.5 Å². The molecule has 5 nitrogen and oxygen atoms in total. The third kappa shape index (κ3) is 4.02. The van der Waals surface area contributed by atoms with Crippen molar-refractivity contribution in [3.8, 4) is 0 Å². The van der Waals surface area contributed by atoms with Crippen molar-refractivity contribution in [1.29, 1.82) is 0 Å². The van der Waals surface area contributed by atoms with Crippen LogP contribution in [0.15, 0.2) is 30.7 Å². The molecule has 0 saturated carbocycles. The Bertz CT molecular complexity index is 692. The molecule has 25 heavy (non-hydrogen) atoms. The lowest BCUT2D eigenvalue weighted by atomic mass is 9.80. The number of rotatable bonds is 3. The molecule has 4 heterocycles. The van der Waals surface area contributed by atoms with Crippen LogP contribution in [0, 0.1) is 12.3 Å². The summed E-state index contributed by atoms with van der Waals surface area (Å²) in [6.07, 6.45) is 7.85. The van der Waals surface area contributed by atoms with E-state index in [-0.39, 0.29) is 5.41 Å². The molecule has 0 bridgehead atoms. The SMILES string of the molecule is Cc1ccc(CN2CCCC3(COCCN(c4cnccn4)C3)C2)s1. The molecule has 134 valence electrons. The van der Waals surface area contributed by atoms with Crippen molar-refractivity contribution in [2.24, 2.45) is 5.41 Å². The van der Waals surface area contributed by atoms with Crippen molar-refractivity contribution in [2.45, 2.75) is 26.3 Å². The zero-order valence-corrected chi connectivity index (χ0v) is 15.7. The standard InChI is InChI=1S/C19H26N4OS/c1-16-3-4-17(25-16)12-22-8-2-5-19(13-22)14-23(9-10-24-15-19)18-11-20-6-7-21-18/h3-4,6-7,11H,2,5,8-10,12-15H2,1H3. The highest BCUT2D eigenvalue weighted by molar-refractivity contribution is 7.11. The van der Waals surface area contributed by atoms with Gasteiger partial charge in [-0.15, -0.1) is 11.3 Å². The van der Waals surface area contributed by atoms with E-state index >= 15 is 0 Å². The molecule has 1 spiro atoms. The fourth-order valence-corrected chi connectivity index (χ4v) is 5.06. The van der Waals surface area contributed by atoms with Gasteiger partial charge in [0.15, 0.2) is 0 Å². The van der Waals surface area contributed by atoms with E-state index in [1.54, 1.807) is 12.4 Å². The Morgan fingerprint density at radius 2 is 2.20 bits per heavy atom. The number of anilines is 1. The molecule has 2 aromatic rings. The van der Waals surface area contributed by atoms with E-state index in [2.05, 4.69) is 38.8 Å². The Kier molecular flexibility index (Phi) is 5.01. The summed E-state index contributed by atoms with van der Waals surface area (Å²) >= 11 is 1.92. The number of hydrogen-bond donors (Lipinski definition) is 0. The van der Waals surface area contributed by atoms with E-state index in [0.717, 1.165) is 45.2 Å². The summed E-state index contributed by atoms with van der Waals surface area (Å²) in [5.41, 5.74) is 0.193. The van der Waals surface area contributed by atoms with Crippen LogP contribution in [-0.4, -0.2) is 54.3 Å². The normalized spacial score (nSPS) is 25.2. The van der Waals surface area contributed by atoms with E-state index in [4.69, 9.17) is 4.74 Å². The quantitative estimate of drug-likeness (QED) is 0.844. The van der Waals surface area contributed by atoms with Crippen LogP contribution < -0.4 is 4.90 Å². The number of aromatic nitrogens is 2. The minimum absolute atomic E-state index is 0.193. The predicted octanol–water partition coefficient (Wildman–Crippen LogP) is 2.97. The third-order valence-corrected chi connectivity index (χ3v) is 6.21. The number of hydrogen-bond acceptors (Lipinski definition) is 6. The van der Waals surface area contributed by atoms with Gasteiger partial charge in [0.1, 0.15) is 5.82 Å². The second-order valence-corrected chi connectivity index (χ2v) is 8.74. The summed E-state index contributed by atoms with van der Waals surface area (Å²) in [5, 5.41) is 0. The van der Waals surface area contributed by atoms with Crippen molar-refractivity contribution in [3.05, 3.63) is 40.5 Å². The lowest BCUT2D eigenvalue weighted by molar-refractivity contribution is 0.0109. The number of likely N-dealkylation sites (tertiary alicyclic amines) is 1. The summed E-state index contributed by atoms with van der Waals surface area (Å²) in [6, 6.07) is 4.50. The molecule has 2 aliphatic heterocycles. The fourth-order valence-electron chi connectivity index (χ4n) is 4.13. The van der Waals surface area contributed by atoms with Crippen LogP contribution in [0.2, 0.25) is 0 Å². The first kappa shape index (κ1) is 16.9. The van der Waals surface area contributed by atoms with Crippen LogP contribution in [-0.2, 0) is 11.3 Å². The summed E-state index contributed by atoms with van der Waals surface area (Å²) < 4.78 is 6.03. The van der Waals surface area contributed by atoms with E-state index in [1.165, 1.54) is 29.1 Å². The Labute approximate surface area is 153 Å². The number of aryl methyl sites for hydroxylation is 1. The van der Waals surface area contributed by atoms with Gasteiger partial charge in [-0.3, -0.25) is 9.88 Å². The average Bonchev–Trinajstić information content (AvgIpc) is 2.92. The zero-order valence-electron chi connectivity index (χ0n) is 14.9. The molecule has 1 atom stereocenters. The van der Waals surface area contributed by atoms with E-state index in [0.29, 0.717) is 0 Å². The minimum Gasteiger partial charge on any atom is -0.379 e. The van der Waals surface area contributed by atoms with Crippen molar-refractivity contribution >= 4 is 17.2 Å². The van der Waals surface area contributed by atoms with Crippen LogP contribution >= 0.6 is 11.3 Å². The monoisotopic (exact) mass is 358 g/mol. The first-order chi connectivity index (χ1) is 12.2. The number of thiophene rings is 1. The van der Waals surface area contributed by atoms with E-state index in [9.17, 15) is 0 Å². The molecule has 2 fully saturated rings. The van der Waals surface area contributed by atoms with Gasteiger partial charge in [-0.05, 0) is 38.4 Å². The van der Waals surface area contributed by atoms with Gasteiger partial charge < -0.3 is 9.64 Å². The van der Waals surface area contributed by atoms with Crippen LogP contribution in [0.25, 0.3) is 0 Å². The second kappa shape index (κ2) is 7.40. The molecule has 1 unspecified atom stereocenters. The highest BCUT2D eigenvalue weighted by atomic mass is 32.1. The van der Waals surface area contributed by atoms with Gasteiger partial charge in [0.2, 0.25) is 0 Å². The van der Waals surface area contributed by atoms with Crippen LogP contribution in [0.4, 0.5) is 5.82 Å². The molecule has 4 rings (SSSR count). The third-order valence-electron chi connectivity index (χ3n) is 5.23. The summed E-state index contributed by atoms with van der Waals surface area (Å²) in [7, 11) is 0.